The van der Waals surface area contributed by atoms with E-state index in [-0.39, 0.29) is 0 Å². The van der Waals surface area contributed by atoms with E-state index >= 15 is 0 Å². The quantitative estimate of drug-likeness (QED) is 0.666. The number of hydrogen-bond donors (Lipinski definition) is 0. The minimum Gasteiger partial charge on any atom is -0.119 e. The first-order valence-electron chi connectivity index (χ1n) is 6.22. The molecule has 1 atom stereocenters. The molecule has 1 heteroatoms. The summed E-state index contributed by atoms with van der Waals surface area (Å²) in [6.07, 6.45) is 10.2. The summed E-state index contributed by atoms with van der Waals surface area (Å²) >= 11 is 0. The summed E-state index contributed by atoms with van der Waals surface area (Å²) < 4.78 is 0. The Kier molecular flexibility index (Phi) is 4.67. The standard InChI is InChI=1S/C14H21P/c1-3-7-13(8-4-1)11-12-15-14-9-5-2-6-10-14/h1,3-4,7-8,14-15H,2,5-6,9-12H2. The van der Waals surface area contributed by atoms with Gasteiger partial charge in [0.25, 0.3) is 0 Å². The minimum atomic E-state index is 1.07. The van der Waals surface area contributed by atoms with Crippen LogP contribution in [-0.4, -0.2) is 11.8 Å². The minimum absolute atomic E-state index is 1.07. The molecule has 0 aliphatic heterocycles. The van der Waals surface area contributed by atoms with Gasteiger partial charge in [-0.25, -0.2) is 0 Å². The highest BCUT2D eigenvalue weighted by atomic mass is 31.1. The molecule has 1 saturated carbocycles. The van der Waals surface area contributed by atoms with Crippen molar-refractivity contribution in [1.82, 2.24) is 0 Å². The lowest BCUT2D eigenvalue weighted by Crippen LogP contribution is -2.07. The lowest BCUT2D eigenvalue weighted by Gasteiger charge is -2.21. The molecule has 0 heterocycles. The molecule has 1 unspecified atom stereocenters. The van der Waals surface area contributed by atoms with Crippen LogP contribution in [0, 0.1) is 0 Å². The second kappa shape index (κ2) is 6.28. The molecule has 0 spiro atoms. The molecule has 0 amide bonds. The summed E-state index contributed by atoms with van der Waals surface area (Å²) in [5.41, 5.74) is 2.59. The molecule has 0 saturated heterocycles. The molecule has 1 aromatic carbocycles. The molecule has 1 aliphatic carbocycles. The lowest BCUT2D eigenvalue weighted by molar-refractivity contribution is 0.513. The Hall–Kier alpha value is -0.350. The van der Waals surface area contributed by atoms with Crippen molar-refractivity contribution in [2.75, 3.05) is 6.16 Å². The summed E-state index contributed by atoms with van der Waals surface area (Å²) in [7, 11) is 1.21. The Morgan fingerprint density at radius 1 is 1.00 bits per heavy atom. The lowest BCUT2D eigenvalue weighted by atomic mass is 10.0. The second-order valence-corrected chi connectivity index (χ2v) is 6.25. The van der Waals surface area contributed by atoms with Crippen LogP contribution < -0.4 is 0 Å². The van der Waals surface area contributed by atoms with Crippen molar-refractivity contribution in [3.8, 4) is 0 Å². The Morgan fingerprint density at radius 3 is 2.47 bits per heavy atom. The van der Waals surface area contributed by atoms with Crippen LogP contribution in [0.1, 0.15) is 37.7 Å². The summed E-state index contributed by atoms with van der Waals surface area (Å²) in [6.45, 7) is 0. The Morgan fingerprint density at radius 2 is 1.73 bits per heavy atom. The molecule has 15 heavy (non-hydrogen) atoms. The number of benzene rings is 1. The van der Waals surface area contributed by atoms with Crippen molar-refractivity contribution in [2.45, 2.75) is 44.2 Å². The summed E-state index contributed by atoms with van der Waals surface area (Å²) in [5, 5.41) is 0. The molecule has 0 aromatic heterocycles. The zero-order chi connectivity index (χ0) is 10.3. The zero-order valence-electron chi connectivity index (χ0n) is 9.41. The maximum atomic E-state index is 2.26. The largest absolute Gasteiger partial charge is 0.119 e. The molecule has 0 nitrogen and oxygen atoms in total. The van der Waals surface area contributed by atoms with Crippen LogP contribution in [0.2, 0.25) is 0 Å². The van der Waals surface area contributed by atoms with Crippen molar-refractivity contribution < 1.29 is 0 Å². The van der Waals surface area contributed by atoms with Crippen LogP contribution in [-0.2, 0) is 6.42 Å². The summed E-state index contributed by atoms with van der Waals surface area (Å²) in [4.78, 5) is 0. The molecule has 1 fully saturated rings. The van der Waals surface area contributed by atoms with E-state index in [2.05, 4.69) is 30.3 Å². The summed E-state index contributed by atoms with van der Waals surface area (Å²) in [6, 6.07) is 10.9. The normalized spacial score (nSPS) is 18.7. The Balaban J connectivity index is 1.66. The maximum absolute atomic E-state index is 2.26. The van der Waals surface area contributed by atoms with Crippen LogP contribution in [0.4, 0.5) is 0 Å². The SMILES string of the molecule is c1ccc(CCPC2CCCCC2)cc1. The first-order valence-corrected chi connectivity index (χ1v) is 7.51. The van der Waals surface area contributed by atoms with Gasteiger partial charge in [0.15, 0.2) is 0 Å². The van der Waals surface area contributed by atoms with Gasteiger partial charge in [-0.1, -0.05) is 49.6 Å². The highest BCUT2D eigenvalue weighted by Crippen LogP contribution is 2.32. The third kappa shape index (κ3) is 3.95. The topological polar surface area (TPSA) is 0 Å². The first kappa shape index (κ1) is 11.1. The van der Waals surface area contributed by atoms with Crippen LogP contribution in [0.3, 0.4) is 0 Å². The third-order valence-electron chi connectivity index (χ3n) is 3.29. The van der Waals surface area contributed by atoms with Crippen LogP contribution in [0.15, 0.2) is 30.3 Å². The molecule has 82 valence electrons. The van der Waals surface area contributed by atoms with E-state index in [9.17, 15) is 0 Å². The van der Waals surface area contributed by atoms with E-state index in [0.717, 1.165) is 5.66 Å². The van der Waals surface area contributed by atoms with E-state index in [1.54, 1.807) is 0 Å². The van der Waals surface area contributed by atoms with Crippen molar-refractivity contribution in [2.24, 2.45) is 0 Å². The summed E-state index contributed by atoms with van der Waals surface area (Å²) in [5.74, 6) is 0. The molecule has 0 N–H and O–H groups in total. The van der Waals surface area contributed by atoms with E-state index in [1.165, 1.54) is 58.8 Å². The fourth-order valence-electron chi connectivity index (χ4n) is 2.37. The van der Waals surface area contributed by atoms with Gasteiger partial charge in [-0.05, 0) is 36.6 Å². The van der Waals surface area contributed by atoms with E-state index in [4.69, 9.17) is 0 Å². The van der Waals surface area contributed by atoms with Crippen molar-refractivity contribution in [1.29, 1.82) is 0 Å². The molecular formula is C14H21P. The number of rotatable bonds is 4. The highest BCUT2D eigenvalue weighted by molar-refractivity contribution is 7.38. The molecule has 0 bridgehead atoms. The molecule has 1 aromatic rings. The predicted octanol–water partition coefficient (Wildman–Crippen LogP) is 4.24. The fourth-order valence-corrected chi connectivity index (χ4v) is 4.03. The van der Waals surface area contributed by atoms with E-state index < -0.39 is 0 Å². The van der Waals surface area contributed by atoms with Gasteiger partial charge in [0, 0.05) is 0 Å². The van der Waals surface area contributed by atoms with Crippen molar-refractivity contribution >= 4 is 8.58 Å². The van der Waals surface area contributed by atoms with Gasteiger partial charge in [0.1, 0.15) is 0 Å². The van der Waals surface area contributed by atoms with Gasteiger partial charge in [-0.15, -0.1) is 8.58 Å². The van der Waals surface area contributed by atoms with Crippen LogP contribution >= 0.6 is 8.58 Å². The second-order valence-electron chi connectivity index (χ2n) is 4.52. The smallest absolute Gasteiger partial charge is 0.0237 e. The Bertz CT molecular complexity index is 262. The van der Waals surface area contributed by atoms with Crippen LogP contribution in [0.5, 0.6) is 0 Å². The van der Waals surface area contributed by atoms with Gasteiger partial charge in [0.2, 0.25) is 0 Å². The van der Waals surface area contributed by atoms with Crippen molar-refractivity contribution in [3.63, 3.8) is 0 Å². The van der Waals surface area contributed by atoms with Gasteiger partial charge in [-0.2, -0.15) is 0 Å². The molecule has 0 radical (unpaired) electrons. The monoisotopic (exact) mass is 220 g/mol. The van der Waals surface area contributed by atoms with Gasteiger partial charge in [0.05, 0.1) is 0 Å². The van der Waals surface area contributed by atoms with Gasteiger partial charge < -0.3 is 0 Å². The Labute approximate surface area is 95.3 Å². The predicted molar refractivity (Wildman–Crippen MR) is 70.2 cm³/mol. The fraction of sp³-hybridized carbons (Fsp3) is 0.571. The maximum Gasteiger partial charge on any atom is -0.0237 e. The zero-order valence-corrected chi connectivity index (χ0v) is 10.4. The molecular weight excluding hydrogens is 199 g/mol. The van der Waals surface area contributed by atoms with Crippen LogP contribution in [0.25, 0.3) is 0 Å². The highest BCUT2D eigenvalue weighted by Gasteiger charge is 2.12. The number of aryl methyl sites for hydroxylation is 1. The van der Waals surface area contributed by atoms with Gasteiger partial charge in [-0.3, -0.25) is 0 Å². The molecule has 1 aliphatic rings. The third-order valence-corrected chi connectivity index (χ3v) is 4.99. The van der Waals surface area contributed by atoms with Crippen molar-refractivity contribution in [3.05, 3.63) is 35.9 Å². The van der Waals surface area contributed by atoms with E-state index in [1.807, 2.05) is 0 Å². The first-order chi connectivity index (χ1) is 7.45. The molecule has 2 rings (SSSR count). The average molecular weight is 220 g/mol. The average Bonchev–Trinajstić information content (AvgIpc) is 2.32. The number of hydrogen-bond acceptors (Lipinski definition) is 0. The van der Waals surface area contributed by atoms with Gasteiger partial charge >= 0.3 is 0 Å². The van der Waals surface area contributed by atoms with E-state index in [0.29, 0.717) is 0 Å².